The molecule has 1 aromatic carbocycles. The first-order valence-electron chi connectivity index (χ1n) is 8.65. The van der Waals surface area contributed by atoms with Crippen molar-refractivity contribution in [1.82, 2.24) is 15.1 Å². The molecule has 1 unspecified atom stereocenters. The second kappa shape index (κ2) is 7.94. The summed E-state index contributed by atoms with van der Waals surface area (Å²) in [6.45, 7) is 6.88. The first-order valence-corrected chi connectivity index (χ1v) is 8.65. The van der Waals surface area contributed by atoms with Crippen molar-refractivity contribution in [1.29, 1.82) is 0 Å². The van der Waals surface area contributed by atoms with Gasteiger partial charge in [-0.05, 0) is 45.4 Å². The van der Waals surface area contributed by atoms with Gasteiger partial charge in [-0.1, -0.05) is 19.4 Å². The van der Waals surface area contributed by atoms with E-state index < -0.39 is 23.4 Å². The maximum atomic E-state index is 13.0. The lowest BCUT2D eigenvalue weighted by atomic mass is 10.1. The van der Waals surface area contributed by atoms with E-state index >= 15 is 0 Å². The van der Waals surface area contributed by atoms with Gasteiger partial charge in [0, 0.05) is 6.04 Å². The largest absolute Gasteiger partial charge is 0.416 e. The molecular weight excluding hydrogens is 359 g/mol. The fraction of sp³-hybridized carbons (Fsp3) is 0.421. The Balaban J connectivity index is 2.37. The van der Waals surface area contributed by atoms with Crippen molar-refractivity contribution in [3.05, 3.63) is 46.8 Å². The normalized spacial score (nSPS) is 12.7. The number of carbonyl (C=O) groups excluding carboxylic acids is 2. The van der Waals surface area contributed by atoms with Crippen molar-refractivity contribution in [2.45, 2.75) is 52.8 Å². The number of carbonyl (C=O) groups is 2. The number of halogens is 3. The molecule has 0 saturated heterocycles. The molecule has 0 fully saturated rings. The van der Waals surface area contributed by atoms with Gasteiger partial charge in [-0.25, -0.2) is 4.68 Å². The van der Waals surface area contributed by atoms with Gasteiger partial charge in [-0.15, -0.1) is 0 Å². The van der Waals surface area contributed by atoms with Gasteiger partial charge in [0.2, 0.25) is 0 Å². The van der Waals surface area contributed by atoms with Gasteiger partial charge in [0.15, 0.2) is 0 Å². The van der Waals surface area contributed by atoms with Crippen molar-refractivity contribution < 1.29 is 22.8 Å². The van der Waals surface area contributed by atoms with E-state index in [9.17, 15) is 22.8 Å². The Morgan fingerprint density at radius 1 is 1.26 bits per heavy atom. The monoisotopic (exact) mass is 381 g/mol. The van der Waals surface area contributed by atoms with Crippen LogP contribution in [-0.4, -0.2) is 27.5 Å². The first kappa shape index (κ1) is 20.7. The molecule has 5 nitrogen and oxygen atoms in total. The fourth-order valence-corrected chi connectivity index (χ4v) is 2.94. The number of alkyl halides is 3. The summed E-state index contributed by atoms with van der Waals surface area (Å²) in [4.78, 5) is 24.8. The summed E-state index contributed by atoms with van der Waals surface area (Å²) < 4.78 is 40.1. The molecule has 0 saturated carbocycles. The summed E-state index contributed by atoms with van der Waals surface area (Å²) in [5.74, 6) is -1.49. The number of rotatable bonds is 6. The van der Waals surface area contributed by atoms with E-state index in [1.165, 1.54) is 16.8 Å². The van der Waals surface area contributed by atoms with Crippen LogP contribution in [0.4, 0.5) is 13.2 Å². The van der Waals surface area contributed by atoms with Crippen LogP contribution in [0.2, 0.25) is 0 Å². The summed E-state index contributed by atoms with van der Waals surface area (Å²) in [7, 11) is 0. The van der Waals surface area contributed by atoms with E-state index in [2.05, 4.69) is 10.4 Å². The van der Waals surface area contributed by atoms with Crippen molar-refractivity contribution in [3.63, 3.8) is 0 Å². The molecule has 146 valence electrons. The van der Waals surface area contributed by atoms with Gasteiger partial charge in [0.05, 0.1) is 28.2 Å². The zero-order valence-electron chi connectivity index (χ0n) is 15.6. The molecule has 1 N–H and O–H groups in total. The third-order valence-electron chi connectivity index (χ3n) is 4.24. The fourth-order valence-electron chi connectivity index (χ4n) is 2.94. The van der Waals surface area contributed by atoms with E-state index in [0.29, 0.717) is 5.69 Å². The molecule has 0 aliphatic heterocycles. The minimum absolute atomic E-state index is 0.105. The van der Waals surface area contributed by atoms with Crippen LogP contribution < -0.4 is 5.32 Å². The summed E-state index contributed by atoms with van der Waals surface area (Å²) in [5.41, 5.74) is 0.0627. The Labute approximate surface area is 155 Å². The number of nitrogens with one attached hydrogen (secondary N) is 1. The Kier molecular flexibility index (Phi) is 6.08. The van der Waals surface area contributed by atoms with E-state index in [0.717, 1.165) is 25.0 Å². The Morgan fingerprint density at radius 2 is 1.93 bits per heavy atom. The summed E-state index contributed by atoms with van der Waals surface area (Å²) in [6, 6.07) is 4.51. The second-order valence-corrected chi connectivity index (χ2v) is 6.50. The highest BCUT2D eigenvalue weighted by atomic mass is 19.4. The molecule has 1 heterocycles. The number of benzene rings is 1. The number of hydrogen-bond donors (Lipinski definition) is 1. The minimum Gasteiger partial charge on any atom is -0.347 e. The predicted molar refractivity (Wildman–Crippen MR) is 94.9 cm³/mol. The van der Waals surface area contributed by atoms with Crippen molar-refractivity contribution >= 4 is 11.7 Å². The topological polar surface area (TPSA) is 64.0 Å². The average molecular weight is 381 g/mol. The highest BCUT2D eigenvalue weighted by Gasteiger charge is 2.31. The lowest BCUT2D eigenvalue weighted by Gasteiger charge is -2.12. The molecule has 1 aromatic heterocycles. The maximum Gasteiger partial charge on any atom is 0.416 e. The number of Topliss-reactive ketones (excluding diaryl/α,β-unsaturated/α-hetero) is 1. The molecule has 0 aliphatic carbocycles. The van der Waals surface area contributed by atoms with E-state index in [4.69, 9.17) is 0 Å². The molecule has 0 spiro atoms. The van der Waals surface area contributed by atoms with Crippen molar-refractivity contribution in [3.8, 4) is 5.69 Å². The molecule has 0 aliphatic rings. The Bertz CT molecular complexity index is 856. The van der Waals surface area contributed by atoms with Gasteiger partial charge in [-0.3, -0.25) is 9.59 Å². The SMILES string of the molecule is CCCC(C)NC(=O)C(=O)c1c(C)nn(-c2cccc(C(F)(F)F)c2)c1C. The van der Waals surface area contributed by atoms with Gasteiger partial charge in [0.1, 0.15) is 0 Å². The molecule has 8 heteroatoms. The molecule has 1 atom stereocenters. The van der Waals surface area contributed by atoms with Crippen LogP contribution in [0.3, 0.4) is 0 Å². The zero-order chi connectivity index (χ0) is 20.4. The number of ketones is 1. The lowest BCUT2D eigenvalue weighted by Crippen LogP contribution is -2.37. The smallest absolute Gasteiger partial charge is 0.347 e. The van der Waals surface area contributed by atoms with E-state index in [1.807, 2.05) is 6.92 Å². The third-order valence-corrected chi connectivity index (χ3v) is 4.24. The molecule has 0 radical (unpaired) electrons. The third kappa shape index (κ3) is 4.56. The Morgan fingerprint density at radius 3 is 2.52 bits per heavy atom. The van der Waals surface area contributed by atoms with Gasteiger partial charge < -0.3 is 5.32 Å². The van der Waals surface area contributed by atoms with Gasteiger partial charge in [-0.2, -0.15) is 18.3 Å². The predicted octanol–water partition coefficient (Wildman–Crippen LogP) is 4.00. The summed E-state index contributed by atoms with van der Waals surface area (Å²) >= 11 is 0. The van der Waals surface area contributed by atoms with E-state index in [1.54, 1.807) is 20.8 Å². The number of aromatic nitrogens is 2. The lowest BCUT2D eigenvalue weighted by molar-refractivity contribution is -0.137. The molecule has 2 rings (SSSR count). The van der Waals surface area contributed by atoms with Crippen LogP contribution in [0.5, 0.6) is 0 Å². The van der Waals surface area contributed by atoms with Crippen molar-refractivity contribution in [2.75, 3.05) is 0 Å². The highest BCUT2D eigenvalue weighted by Crippen LogP contribution is 2.30. The van der Waals surface area contributed by atoms with Gasteiger partial charge in [0.25, 0.3) is 11.7 Å². The van der Waals surface area contributed by atoms with E-state index in [-0.39, 0.29) is 23.0 Å². The molecule has 0 bridgehead atoms. The van der Waals surface area contributed by atoms with Crippen LogP contribution in [0.1, 0.15) is 54.0 Å². The molecule has 27 heavy (non-hydrogen) atoms. The molecule has 1 amide bonds. The minimum atomic E-state index is -4.49. The summed E-state index contributed by atoms with van der Waals surface area (Å²) in [6.07, 6.45) is -2.89. The van der Waals surface area contributed by atoms with Crippen LogP contribution in [0.25, 0.3) is 5.69 Å². The quantitative estimate of drug-likeness (QED) is 0.608. The van der Waals surface area contributed by atoms with Crippen LogP contribution in [0, 0.1) is 13.8 Å². The molecule has 2 aromatic rings. The molecular formula is C19H22F3N3O2. The second-order valence-electron chi connectivity index (χ2n) is 6.50. The zero-order valence-corrected chi connectivity index (χ0v) is 15.6. The number of amides is 1. The van der Waals surface area contributed by atoms with Crippen LogP contribution in [-0.2, 0) is 11.0 Å². The first-order chi connectivity index (χ1) is 12.6. The standard InChI is InChI=1S/C19H22F3N3O2/c1-5-7-11(2)23-18(27)17(26)16-12(3)24-25(13(16)4)15-9-6-8-14(10-15)19(20,21)22/h6,8-11H,5,7H2,1-4H3,(H,23,27). The van der Waals surface area contributed by atoms with Gasteiger partial charge >= 0.3 is 6.18 Å². The number of nitrogens with zero attached hydrogens (tertiary/aromatic N) is 2. The number of hydrogen-bond acceptors (Lipinski definition) is 3. The Hall–Kier alpha value is -2.64. The van der Waals surface area contributed by atoms with Crippen molar-refractivity contribution in [2.24, 2.45) is 0 Å². The number of aryl methyl sites for hydroxylation is 1. The van der Waals surface area contributed by atoms with Crippen LogP contribution >= 0.6 is 0 Å². The maximum absolute atomic E-state index is 13.0. The summed E-state index contributed by atoms with van der Waals surface area (Å²) in [5, 5.41) is 6.81. The highest BCUT2D eigenvalue weighted by molar-refractivity contribution is 6.43. The average Bonchev–Trinajstić information content (AvgIpc) is 2.88. The van der Waals surface area contributed by atoms with Crippen LogP contribution in [0.15, 0.2) is 24.3 Å².